The van der Waals surface area contributed by atoms with Crippen LogP contribution in [0.1, 0.15) is 22.8 Å². The Balaban J connectivity index is 1.71. The smallest absolute Gasteiger partial charge is 0.338 e. The van der Waals surface area contributed by atoms with Gasteiger partial charge in [-0.25, -0.2) is 4.79 Å². The summed E-state index contributed by atoms with van der Waals surface area (Å²) in [6.07, 6.45) is -1.04. The number of anilines is 1. The van der Waals surface area contributed by atoms with Crippen molar-refractivity contribution in [2.75, 3.05) is 5.32 Å². The highest BCUT2D eigenvalue weighted by atomic mass is 16.6. The molecule has 0 spiro atoms. The van der Waals surface area contributed by atoms with Crippen LogP contribution in [0.4, 0.5) is 11.4 Å². The first-order chi connectivity index (χ1) is 13.4. The fourth-order valence-corrected chi connectivity index (χ4v) is 2.84. The van der Waals surface area contributed by atoms with Crippen molar-refractivity contribution >= 4 is 34.0 Å². The Hall–Kier alpha value is -3.74. The highest BCUT2D eigenvalue weighted by Gasteiger charge is 2.21. The molecule has 0 saturated carbocycles. The first-order valence-electron chi connectivity index (χ1n) is 8.61. The number of rotatable bonds is 5. The predicted molar refractivity (Wildman–Crippen MR) is 105 cm³/mol. The van der Waals surface area contributed by atoms with Crippen molar-refractivity contribution in [2.24, 2.45) is 0 Å². The Morgan fingerprint density at radius 2 is 1.79 bits per heavy atom. The van der Waals surface area contributed by atoms with E-state index in [1.165, 1.54) is 32.0 Å². The maximum Gasteiger partial charge on any atom is 0.338 e. The molecule has 142 valence electrons. The lowest BCUT2D eigenvalue weighted by Crippen LogP contribution is -2.30. The molecule has 3 rings (SSSR count). The second-order valence-electron chi connectivity index (χ2n) is 6.32. The second-order valence-corrected chi connectivity index (χ2v) is 6.32. The molecule has 28 heavy (non-hydrogen) atoms. The first-order valence-corrected chi connectivity index (χ1v) is 8.61. The molecule has 0 fully saturated rings. The van der Waals surface area contributed by atoms with Gasteiger partial charge in [0.15, 0.2) is 6.10 Å². The molecule has 7 nitrogen and oxygen atoms in total. The molecule has 0 saturated heterocycles. The van der Waals surface area contributed by atoms with Crippen molar-refractivity contribution in [3.05, 3.63) is 81.9 Å². The van der Waals surface area contributed by atoms with Crippen LogP contribution in [-0.2, 0) is 9.53 Å². The van der Waals surface area contributed by atoms with Crippen LogP contribution in [0, 0.1) is 17.0 Å². The molecule has 0 heterocycles. The van der Waals surface area contributed by atoms with Gasteiger partial charge in [0.1, 0.15) is 0 Å². The van der Waals surface area contributed by atoms with Gasteiger partial charge in [-0.15, -0.1) is 0 Å². The second kappa shape index (κ2) is 7.87. The van der Waals surface area contributed by atoms with Crippen molar-refractivity contribution in [3.8, 4) is 0 Å². The molecule has 3 aromatic carbocycles. The zero-order valence-electron chi connectivity index (χ0n) is 15.3. The fraction of sp³-hybridized carbons (Fsp3) is 0.143. The van der Waals surface area contributed by atoms with Crippen molar-refractivity contribution in [1.29, 1.82) is 0 Å². The van der Waals surface area contributed by atoms with E-state index in [1.807, 2.05) is 36.4 Å². The van der Waals surface area contributed by atoms with Gasteiger partial charge in [0.2, 0.25) is 0 Å². The van der Waals surface area contributed by atoms with Gasteiger partial charge in [-0.2, -0.15) is 0 Å². The molecular weight excluding hydrogens is 360 g/mol. The number of amides is 1. The molecule has 0 aromatic heterocycles. The molecule has 0 unspecified atom stereocenters. The predicted octanol–water partition coefficient (Wildman–Crippen LogP) is 4.24. The lowest BCUT2D eigenvalue weighted by atomic mass is 10.1. The molecule has 7 heteroatoms. The van der Waals surface area contributed by atoms with E-state index in [4.69, 9.17) is 4.74 Å². The van der Waals surface area contributed by atoms with Gasteiger partial charge in [-0.05, 0) is 37.4 Å². The van der Waals surface area contributed by atoms with Crippen LogP contribution in [0.15, 0.2) is 60.7 Å². The molecule has 0 radical (unpaired) electrons. The van der Waals surface area contributed by atoms with Gasteiger partial charge in [0.05, 0.1) is 10.5 Å². The van der Waals surface area contributed by atoms with Crippen LogP contribution in [0.3, 0.4) is 0 Å². The third kappa shape index (κ3) is 3.98. The van der Waals surface area contributed by atoms with Gasteiger partial charge in [0, 0.05) is 22.7 Å². The largest absolute Gasteiger partial charge is 0.449 e. The molecule has 3 aromatic rings. The standard InChI is InChI=1S/C21H18N2O5/c1-13-12-16(10-11-19(13)23(26)27)21(25)28-14(2)20(24)22-18-9-5-7-15-6-3-4-8-17(15)18/h3-12,14H,1-2H3,(H,22,24)/t14-/m0/s1. The number of benzene rings is 3. The van der Waals surface area contributed by atoms with Crippen LogP contribution in [0.25, 0.3) is 10.8 Å². The first kappa shape index (κ1) is 19.0. The highest BCUT2D eigenvalue weighted by Crippen LogP contribution is 2.23. The number of nitro benzene ring substituents is 1. The van der Waals surface area contributed by atoms with E-state index in [9.17, 15) is 19.7 Å². The zero-order valence-corrected chi connectivity index (χ0v) is 15.3. The Labute approximate surface area is 161 Å². The number of carbonyl (C=O) groups excluding carboxylic acids is 2. The number of nitro groups is 1. The lowest BCUT2D eigenvalue weighted by Gasteiger charge is -2.15. The van der Waals surface area contributed by atoms with Gasteiger partial charge in [-0.1, -0.05) is 36.4 Å². The number of nitrogens with one attached hydrogen (secondary N) is 1. The van der Waals surface area contributed by atoms with E-state index in [0.29, 0.717) is 11.3 Å². The summed E-state index contributed by atoms with van der Waals surface area (Å²) in [4.78, 5) is 35.1. The Morgan fingerprint density at radius 1 is 1.07 bits per heavy atom. The molecule has 1 atom stereocenters. The number of carbonyl (C=O) groups is 2. The van der Waals surface area contributed by atoms with Crippen molar-refractivity contribution in [1.82, 2.24) is 0 Å². The Bertz CT molecular complexity index is 1070. The van der Waals surface area contributed by atoms with Gasteiger partial charge >= 0.3 is 5.97 Å². The summed E-state index contributed by atoms with van der Waals surface area (Å²) >= 11 is 0. The number of nitrogens with zero attached hydrogens (tertiary/aromatic N) is 1. The van der Waals surface area contributed by atoms with E-state index < -0.39 is 22.9 Å². The molecule has 1 amide bonds. The van der Waals surface area contributed by atoms with Crippen LogP contribution < -0.4 is 5.32 Å². The summed E-state index contributed by atoms with van der Waals surface area (Å²) in [5.41, 5.74) is 1.02. The summed E-state index contributed by atoms with van der Waals surface area (Å²) in [6.45, 7) is 3.00. The topological polar surface area (TPSA) is 98.5 Å². The summed E-state index contributed by atoms with van der Waals surface area (Å²) in [7, 11) is 0. The Kier molecular flexibility index (Phi) is 5.35. The van der Waals surface area contributed by atoms with Gasteiger partial charge < -0.3 is 10.1 Å². The van der Waals surface area contributed by atoms with E-state index in [1.54, 1.807) is 6.07 Å². The average Bonchev–Trinajstić information content (AvgIpc) is 2.67. The summed E-state index contributed by atoms with van der Waals surface area (Å²) in [6, 6.07) is 17.1. The lowest BCUT2D eigenvalue weighted by molar-refractivity contribution is -0.385. The number of ether oxygens (including phenoxy) is 1. The fourth-order valence-electron chi connectivity index (χ4n) is 2.84. The van der Waals surface area contributed by atoms with Crippen LogP contribution in [0.5, 0.6) is 0 Å². The van der Waals surface area contributed by atoms with Crippen LogP contribution >= 0.6 is 0 Å². The third-order valence-corrected chi connectivity index (χ3v) is 4.33. The maximum atomic E-state index is 12.5. The Morgan fingerprint density at radius 3 is 2.50 bits per heavy atom. The molecule has 0 aliphatic heterocycles. The molecular formula is C21H18N2O5. The molecule has 1 N–H and O–H groups in total. The van der Waals surface area contributed by atoms with Gasteiger partial charge in [0.25, 0.3) is 11.6 Å². The highest BCUT2D eigenvalue weighted by molar-refractivity contribution is 6.04. The quantitative estimate of drug-likeness (QED) is 0.407. The average molecular weight is 378 g/mol. The normalized spacial score (nSPS) is 11.6. The SMILES string of the molecule is Cc1cc(C(=O)O[C@@H](C)C(=O)Nc2cccc3ccccc23)ccc1[N+](=O)[O-]. The number of hydrogen-bond donors (Lipinski definition) is 1. The van der Waals surface area contributed by atoms with E-state index in [0.717, 1.165) is 10.8 Å². The van der Waals surface area contributed by atoms with E-state index in [2.05, 4.69) is 5.32 Å². The van der Waals surface area contributed by atoms with Crippen LogP contribution in [-0.4, -0.2) is 22.9 Å². The van der Waals surface area contributed by atoms with Crippen molar-refractivity contribution in [2.45, 2.75) is 20.0 Å². The number of fused-ring (bicyclic) bond motifs is 1. The third-order valence-electron chi connectivity index (χ3n) is 4.33. The van der Waals surface area contributed by atoms with Gasteiger partial charge in [-0.3, -0.25) is 14.9 Å². The van der Waals surface area contributed by atoms with Crippen LogP contribution in [0.2, 0.25) is 0 Å². The zero-order chi connectivity index (χ0) is 20.3. The van der Waals surface area contributed by atoms with Crippen molar-refractivity contribution < 1.29 is 19.2 Å². The molecule has 0 bridgehead atoms. The summed E-state index contributed by atoms with van der Waals surface area (Å²) in [5.74, 6) is -1.19. The summed E-state index contributed by atoms with van der Waals surface area (Å²) in [5, 5.41) is 15.5. The number of esters is 1. The molecule has 0 aliphatic carbocycles. The van der Waals surface area contributed by atoms with E-state index in [-0.39, 0.29) is 11.3 Å². The number of hydrogen-bond acceptors (Lipinski definition) is 5. The maximum absolute atomic E-state index is 12.5. The minimum atomic E-state index is -1.04. The van der Waals surface area contributed by atoms with Crippen molar-refractivity contribution in [3.63, 3.8) is 0 Å². The number of aryl methyl sites for hydroxylation is 1. The summed E-state index contributed by atoms with van der Waals surface area (Å²) < 4.78 is 5.22. The molecule has 0 aliphatic rings. The van der Waals surface area contributed by atoms with E-state index >= 15 is 0 Å². The monoisotopic (exact) mass is 378 g/mol. The minimum Gasteiger partial charge on any atom is -0.449 e. The minimum absolute atomic E-state index is 0.0849.